The van der Waals surface area contributed by atoms with Gasteiger partial charge < -0.3 is 10.1 Å². The Kier molecular flexibility index (Phi) is 5.30. The van der Waals surface area contributed by atoms with E-state index >= 15 is 0 Å². The minimum absolute atomic E-state index is 0.543. The second-order valence-corrected chi connectivity index (χ2v) is 5.83. The van der Waals surface area contributed by atoms with Gasteiger partial charge in [0, 0.05) is 18.7 Å². The molecule has 2 aliphatic carbocycles. The lowest BCUT2D eigenvalue weighted by molar-refractivity contribution is -0.0149. The van der Waals surface area contributed by atoms with Crippen LogP contribution in [0.4, 0.5) is 0 Å². The van der Waals surface area contributed by atoms with Crippen molar-refractivity contribution in [1.29, 1.82) is 0 Å². The van der Waals surface area contributed by atoms with E-state index in [0.717, 1.165) is 24.6 Å². The maximum Gasteiger partial charge on any atom is 0.0604 e. The average Bonchev–Trinajstić information content (AvgIpc) is 2.33. The molecule has 1 unspecified atom stereocenters. The molecule has 2 heteroatoms. The Hall–Kier alpha value is -0.0800. The van der Waals surface area contributed by atoms with Gasteiger partial charge in [0.25, 0.3) is 0 Å². The van der Waals surface area contributed by atoms with Crippen molar-refractivity contribution < 1.29 is 4.74 Å². The number of hydrogen-bond acceptors (Lipinski definition) is 2. The molecular weight excluding hydrogens is 210 g/mol. The Bertz CT molecular complexity index is 207. The lowest BCUT2D eigenvalue weighted by Gasteiger charge is -2.40. The predicted octanol–water partition coefficient (Wildman–Crippen LogP) is 3.50. The molecule has 0 aliphatic heterocycles. The van der Waals surface area contributed by atoms with E-state index in [0.29, 0.717) is 6.10 Å². The molecule has 17 heavy (non-hydrogen) atoms. The Morgan fingerprint density at radius 3 is 2.41 bits per heavy atom. The van der Waals surface area contributed by atoms with E-state index in [1.54, 1.807) is 0 Å². The summed E-state index contributed by atoms with van der Waals surface area (Å²) in [5, 5.41) is 3.88. The van der Waals surface area contributed by atoms with Gasteiger partial charge in [-0.05, 0) is 44.9 Å². The third-order valence-corrected chi connectivity index (χ3v) is 4.61. The summed E-state index contributed by atoms with van der Waals surface area (Å²) in [6.07, 6.45) is 11.6. The predicted molar refractivity (Wildman–Crippen MR) is 72.2 cm³/mol. The summed E-state index contributed by atoms with van der Waals surface area (Å²) in [5.41, 5.74) is 0. The van der Waals surface area contributed by atoms with Crippen LogP contribution in [0.15, 0.2) is 0 Å². The maximum atomic E-state index is 5.63. The van der Waals surface area contributed by atoms with E-state index in [-0.39, 0.29) is 0 Å². The monoisotopic (exact) mass is 239 g/mol. The highest BCUT2D eigenvalue weighted by Crippen LogP contribution is 2.30. The van der Waals surface area contributed by atoms with Crippen LogP contribution in [0, 0.1) is 5.92 Å². The fourth-order valence-electron chi connectivity index (χ4n) is 3.50. The van der Waals surface area contributed by atoms with Crippen molar-refractivity contribution >= 4 is 0 Å². The normalized spacial score (nSPS) is 32.1. The smallest absolute Gasteiger partial charge is 0.0604 e. The fourth-order valence-corrected chi connectivity index (χ4v) is 3.50. The summed E-state index contributed by atoms with van der Waals surface area (Å²) >= 11 is 0. The number of hydrogen-bond donors (Lipinski definition) is 1. The van der Waals surface area contributed by atoms with Crippen molar-refractivity contribution in [2.24, 2.45) is 5.92 Å². The Morgan fingerprint density at radius 2 is 1.82 bits per heavy atom. The van der Waals surface area contributed by atoms with Gasteiger partial charge in [-0.15, -0.1) is 0 Å². The Labute approximate surface area is 107 Å². The van der Waals surface area contributed by atoms with Gasteiger partial charge in [0.05, 0.1) is 6.10 Å². The molecule has 0 amide bonds. The summed E-state index contributed by atoms with van der Waals surface area (Å²) in [4.78, 5) is 0. The molecule has 0 bridgehead atoms. The van der Waals surface area contributed by atoms with Gasteiger partial charge in [-0.25, -0.2) is 0 Å². The van der Waals surface area contributed by atoms with Crippen LogP contribution in [0.25, 0.3) is 0 Å². The molecule has 2 fully saturated rings. The van der Waals surface area contributed by atoms with Crippen molar-refractivity contribution in [2.45, 2.75) is 83.4 Å². The van der Waals surface area contributed by atoms with Crippen molar-refractivity contribution in [2.75, 3.05) is 6.61 Å². The molecule has 0 aromatic heterocycles. The molecule has 1 N–H and O–H groups in total. The van der Waals surface area contributed by atoms with E-state index in [2.05, 4.69) is 19.2 Å². The summed E-state index contributed by atoms with van der Waals surface area (Å²) in [5.74, 6) is 0.944. The topological polar surface area (TPSA) is 21.3 Å². The van der Waals surface area contributed by atoms with Gasteiger partial charge >= 0.3 is 0 Å². The average molecular weight is 239 g/mol. The fraction of sp³-hybridized carbons (Fsp3) is 1.00. The molecule has 1 atom stereocenters. The summed E-state index contributed by atoms with van der Waals surface area (Å²) in [7, 11) is 0. The van der Waals surface area contributed by atoms with Crippen LogP contribution >= 0.6 is 0 Å². The van der Waals surface area contributed by atoms with Crippen LogP contribution < -0.4 is 5.32 Å². The van der Waals surface area contributed by atoms with E-state index in [9.17, 15) is 0 Å². The van der Waals surface area contributed by atoms with Crippen LogP contribution in [0.2, 0.25) is 0 Å². The molecule has 0 aromatic carbocycles. The second kappa shape index (κ2) is 6.75. The zero-order valence-electron chi connectivity index (χ0n) is 11.6. The number of ether oxygens (including phenoxy) is 1. The molecule has 0 radical (unpaired) electrons. The lowest BCUT2D eigenvalue weighted by Crippen LogP contribution is -2.51. The quantitative estimate of drug-likeness (QED) is 0.766. The molecule has 2 rings (SSSR count). The minimum Gasteiger partial charge on any atom is -0.378 e. The van der Waals surface area contributed by atoms with E-state index in [4.69, 9.17) is 4.74 Å². The van der Waals surface area contributed by atoms with Gasteiger partial charge in [0.15, 0.2) is 0 Å². The second-order valence-electron chi connectivity index (χ2n) is 5.83. The first-order valence-electron chi connectivity index (χ1n) is 7.71. The first kappa shape index (κ1) is 13.4. The standard InChI is InChI=1S/C15H29NO/c1-3-15(12-8-6-5-7-9-12)16-13-10-14(11-13)17-4-2/h12-16H,3-11H2,1-2H3. The van der Waals surface area contributed by atoms with Crippen LogP contribution in [-0.4, -0.2) is 24.8 Å². The van der Waals surface area contributed by atoms with Crippen LogP contribution in [-0.2, 0) is 4.74 Å². The number of rotatable bonds is 6. The Morgan fingerprint density at radius 1 is 1.12 bits per heavy atom. The summed E-state index contributed by atoms with van der Waals surface area (Å²) < 4.78 is 5.63. The van der Waals surface area contributed by atoms with Crippen molar-refractivity contribution in [1.82, 2.24) is 5.32 Å². The highest BCUT2D eigenvalue weighted by Gasteiger charge is 2.32. The molecule has 0 heterocycles. The van der Waals surface area contributed by atoms with Crippen LogP contribution in [0.1, 0.15) is 65.2 Å². The third kappa shape index (κ3) is 3.69. The molecule has 0 aromatic rings. The van der Waals surface area contributed by atoms with Gasteiger partial charge in [0.1, 0.15) is 0 Å². The molecule has 100 valence electrons. The minimum atomic E-state index is 0.543. The first-order chi connectivity index (χ1) is 8.33. The summed E-state index contributed by atoms with van der Waals surface area (Å²) in [6, 6.07) is 1.50. The third-order valence-electron chi connectivity index (χ3n) is 4.61. The van der Waals surface area contributed by atoms with Crippen LogP contribution in [0.5, 0.6) is 0 Å². The molecule has 0 spiro atoms. The van der Waals surface area contributed by atoms with E-state index < -0.39 is 0 Å². The lowest BCUT2D eigenvalue weighted by atomic mass is 9.81. The van der Waals surface area contributed by atoms with Crippen molar-refractivity contribution in [3.8, 4) is 0 Å². The van der Waals surface area contributed by atoms with Gasteiger partial charge in [-0.2, -0.15) is 0 Å². The van der Waals surface area contributed by atoms with E-state index in [1.807, 2.05) is 0 Å². The van der Waals surface area contributed by atoms with Crippen molar-refractivity contribution in [3.63, 3.8) is 0 Å². The number of nitrogens with one attached hydrogen (secondary N) is 1. The maximum absolute atomic E-state index is 5.63. The highest BCUT2D eigenvalue weighted by atomic mass is 16.5. The van der Waals surface area contributed by atoms with E-state index in [1.165, 1.54) is 51.4 Å². The van der Waals surface area contributed by atoms with Gasteiger partial charge in [0.2, 0.25) is 0 Å². The molecule has 2 saturated carbocycles. The van der Waals surface area contributed by atoms with Gasteiger partial charge in [-0.3, -0.25) is 0 Å². The molecule has 2 nitrogen and oxygen atoms in total. The zero-order chi connectivity index (χ0) is 12.1. The summed E-state index contributed by atoms with van der Waals surface area (Å²) in [6.45, 7) is 5.31. The van der Waals surface area contributed by atoms with Crippen molar-refractivity contribution in [3.05, 3.63) is 0 Å². The largest absolute Gasteiger partial charge is 0.378 e. The zero-order valence-corrected chi connectivity index (χ0v) is 11.6. The van der Waals surface area contributed by atoms with Gasteiger partial charge in [-0.1, -0.05) is 26.2 Å². The highest BCUT2D eigenvalue weighted by molar-refractivity contribution is 4.90. The van der Waals surface area contributed by atoms with Crippen LogP contribution in [0.3, 0.4) is 0 Å². The Balaban J connectivity index is 1.69. The molecule has 0 saturated heterocycles. The first-order valence-corrected chi connectivity index (χ1v) is 7.71. The SMILES string of the molecule is CCOC1CC(NC(CC)C2CCCCC2)C1. The molecule has 2 aliphatic rings. The molecular formula is C15H29NO.